The topological polar surface area (TPSA) is 82.3 Å². The largest absolute Gasteiger partial charge is 0.454 e. The number of hydrogen-bond donors (Lipinski definition) is 1. The zero-order valence-corrected chi connectivity index (χ0v) is 11.1. The molecule has 0 radical (unpaired) electrons. The van der Waals surface area contributed by atoms with Crippen molar-refractivity contribution in [2.24, 2.45) is 0 Å². The molecule has 0 atom stereocenters. The zero-order valence-electron chi connectivity index (χ0n) is 10.4. The van der Waals surface area contributed by atoms with Gasteiger partial charge in [0.25, 0.3) is 0 Å². The maximum atomic E-state index is 11.8. The molecule has 1 heterocycles. The number of pyridine rings is 1. The number of aromatic nitrogens is 1. The summed E-state index contributed by atoms with van der Waals surface area (Å²) in [4.78, 5) is 27.3. The van der Waals surface area contributed by atoms with E-state index in [0.717, 1.165) is 0 Å². The van der Waals surface area contributed by atoms with Gasteiger partial charge in [-0.05, 0) is 36.4 Å². The third-order valence-electron chi connectivity index (χ3n) is 2.56. The van der Waals surface area contributed by atoms with Crippen molar-refractivity contribution in [3.63, 3.8) is 0 Å². The van der Waals surface area contributed by atoms with Crippen LogP contribution in [-0.2, 0) is 4.74 Å². The fourth-order valence-electron chi connectivity index (χ4n) is 1.52. The number of nitrogens with two attached hydrogens (primary N) is 1. The van der Waals surface area contributed by atoms with Crippen molar-refractivity contribution in [1.29, 1.82) is 0 Å². The average Bonchev–Trinajstić information content (AvgIpc) is 2.45. The molecule has 0 aliphatic heterocycles. The zero-order chi connectivity index (χ0) is 14.5. The number of nitrogens with zero attached hydrogens (tertiary/aromatic N) is 1. The Morgan fingerprint density at radius 1 is 1.20 bits per heavy atom. The van der Waals surface area contributed by atoms with Gasteiger partial charge in [0, 0.05) is 16.8 Å². The van der Waals surface area contributed by atoms with E-state index in [9.17, 15) is 9.59 Å². The first kappa shape index (κ1) is 14.0. The van der Waals surface area contributed by atoms with Crippen molar-refractivity contribution in [3.8, 4) is 0 Å². The second kappa shape index (κ2) is 6.16. The summed E-state index contributed by atoms with van der Waals surface area (Å²) in [6.45, 7) is -0.366. The van der Waals surface area contributed by atoms with Gasteiger partial charge in [-0.1, -0.05) is 11.6 Å². The Labute approximate surface area is 120 Å². The Bertz CT molecular complexity index is 641. The van der Waals surface area contributed by atoms with E-state index >= 15 is 0 Å². The number of Topliss-reactive ketones (excluding diaryl/α,β-unsaturated/α-hetero) is 1. The van der Waals surface area contributed by atoms with Crippen LogP contribution in [0.4, 0.5) is 5.82 Å². The molecule has 0 saturated heterocycles. The van der Waals surface area contributed by atoms with Gasteiger partial charge in [-0.25, -0.2) is 9.78 Å². The van der Waals surface area contributed by atoms with E-state index in [2.05, 4.69) is 4.98 Å². The summed E-state index contributed by atoms with van der Waals surface area (Å²) < 4.78 is 4.91. The third-order valence-corrected chi connectivity index (χ3v) is 2.81. The van der Waals surface area contributed by atoms with Crippen LogP contribution in [-0.4, -0.2) is 23.3 Å². The fraction of sp³-hybridized carbons (Fsp3) is 0.0714. The van der Waals surface area contributed by atoms with E-state index in [4.69, 9.17) is 22.1 Å². The summed E-state index contributed by atoms with van der Waals surface area (Å²) in [6.07, 6.45) is 1.46. The first-order chi connectivity index (χ1) is 9.58. The van der Waals surface area contributed by atoms with Gasteiger partial charge in [-0.15, -0.1) is 0 Å². The number of halogens is 1. The Kier molecular flexibility index (Phi) is 4.32. The Hall–Kier alpha value is -2.40. The molecule has 0 saturated carbocycles. The van der Waals surface area contributed by atoms with E-state index < -0.39 is 5.97 Å². The highest BCUT2D eigenvalue weighted by molar-refractivity contribution is 6.30. The number of anilines is 1. The Morgan fingerprint density at radius 3 is 2.55 bits per heavy atom. The van der Waals surface area contributed by atoms with E-state index in [1.807, 2.05) is 0 Å². The van der Waals surface area contributed by atoms with Gasteiger partial charge in [-0.3, -0.25) is 4.79 Å². The van der Waals surface area contributed by atoms with Crippen molar-refractivity contribution in [2.75, 3.05) is 12.3 Å². The molecule has 1 aromatic carbocycles. The summed E-state index contributed by atoms with van der Waals surface area (Å²) in [5.74, 6) is -0.938. The van der Waals surface area contributed by atoms with Crippen LogP contribution in [0.3, 0.4) is 0 Å². The number of carbonyl (C=O) groups is 2. The maximum absolute atomic E-state index is 11.8. The number of esters is 1. The van der Waals surface area contributed by atoms with Gasteiger partial charge >= 0.3 is 5.97 Å². The number of rotatable bonds is 4. The average molecular weight is 291 g/mol. The quantitative estimate of drug-likeness (QED) is 0.690. The summed E-state index contributed by atoms with van der Waals surface area (Å²) >= 11 is 5.72. The lowest BCUT2D eigenvalue weighted by Crippen LogP contribution is -2.15. The highest BCUT2D eigenvalue weighted by Crippen LogP contribution is 2.11. The van der Waals surface area contributed by atoms with Gasteiger partial charge in [-0.2, -0.15) is 0 Å². The van der Waals surface area contributed by atoms with E-state index in [-0.39, 0.29) is 23.8 Å². The van der Waals surface area contributed by atoms with Crippen molar-refractivity contribution < 1.29 is 14.3 Å². The first-order valence-electron chi connectivity index (χ1n) is 5.74. The lowest BCUT2D eigenvalue weighted by atomic mass is 10.1. The molecule has 5 nitrogen and oxygen atoms in total. The van der Waals surface area contributed by atoms with Crippen LogP contribution in [0.2, 0.25) is 5.02 Å². The van der Waals surface area contributed by atoms with Gasteiger partial charge in [0.15, 0.2) is 12.4 Å². The molecular formula is C14H11ClN2O3. The van der Waals surface area contributed by atoms with Crippen molar-refractivity contribution in [1.82, 2.24) is 4.98 Å². The van der Waals surface area contributed by atoms with Crippen molar-refractivity contribution >= 4 is 29.2 Å². The molecule has 2 rings (SSSR count). The third kappa shape index (κ3) is 3.33. The van der Waals surface area contributed by atoms with Crippen molar-refractivity contribution in [2.45, 2.75) is 0 Å². The number of carbonyl (C=O) groups excluding carboxylic acids is 2. The summed E-state index contributed by atoms with van der Waals surface area (Å²) in [7, 11) is 0. The number of nitrogen functional groups attached to an aromatic ring is 1. The number of hydrogen-bond acceptors (Lipinski definition) is 5. The van der Waals surface area contributed by atoms with Gasteiger partial charge in [0.2, 0.25) is 0 Å². The van der Waals surface area contributed by atoms with E-state index in [1.165, 1.54) is 12.3 Å². The minimum atomic E-state index is -0.682. The second-order valence-electron chi connectivity index (χ2n) is 3.94. The highest BCUT2D eigenvalue weighted by Gasteiger charge is 2.14. The molecule has 0 unspecified atom stereocenters. The number of ketones is 1. The molecule has 0 bridgehead atoms. The van der Waals surface area contributed by atoms with Crippen LogP contribution in [0.1, 0.15) is 20.7 Å². The molecule has 2 aromatic rings. The SMILES string of the molecule is Nc1ncccc1C(=O)OCC(=O)c1ccc(Cl)cc1. The number of benzene rings is 1. The van der Waals surface area contributed by atoms with Crippen LogP contribution in [0, 0.1) is 0 Å². The highest BCUT2D eigenvalue weighted by atomic mass is 35.5. The second-order valence-corrected chi connectivity index (χ2v) is 4.38. The standard InChI is InChI=1S/C14H11ClN2O3/c15-10-5-3-9(4-6-10)12(18)8-20-14(19)11-2-1-7-17-13(11)16/h1-7H,8H2,(H2,16,17). The predicted molar refractivity (Wildman–Crippen MR) is 74.7 cm³/mol. The minimum Gasteiger partial charge on any atom is -0.454 e. The predicted octanol–water partition coefficient (Wildman–Crippen LogP) is 2.36. The Balaban J connectivity index is 1.99. The fourth-order valence-corrected chi connectivity index (χ4v) is 1.64. The normalized spacial score (nSPS) is 10.1. The molecular weight excluding hydrogens is 280 g/mol. The van der Waals surface area contributed by atoms with Gasteiger partial charge in [0.1, 0.15) is 11.4 Å². The van der Waals surface area contributed by atoms with Crippen LogP contribution < -0.4 is 5.73 Å². The summed E-state index contributed by atoms with van der Waals surface area (Å²) in [5.41, 5.74) is 6.10. The summed E-state index contributed by atoms with van der Waals surface area (Å²) in [6, 6.07) is 9.37. The molecule has 0 aliphatic rings. The molecule has 6 heteroatoms. The molecule has 0 amide bonds. The molecule has 20 heavy (non-hydrogen) atoms. The molecule has 2 N–H and O–H groups in total. The van der Waals surface area contributed by atoms with E-state index in [1.54, 1.807) is 30.3 Å². The molecule has 0 spiro atoms. The van der Waals surface area contributed by atoms with Gasteiger partial charge in [0.05, 0.1) is 0 Å². The monoisotopic (exact) mass is 290 g/mol. The summed E-state index contributed by atoms with van der Waals surface area (Å²) in [5, 5.41) is 0.529. The van der Waals surface area contributed by atoms with Crippen LogP contribution >= 0.6 is 11.6 Å². The molecule has 1 aromatic heterocycles. The van der Waals surface area contributed by atoms with Gasteiger partial charge < -0.3 is 10.5 Å². The number of ether oxygens (including phenoxy) is 1. The van der Waals surface area contributed by atoms with Crippen LogP contribution in [0.25, 0.3) is 0 Å². The Morgan fingerprint density at radius 2 is 1.90 bits per heavy atom. The van der Waals surface area contributed by atoms with Crippen molar-refractivity contribution in [3.05, 3.63) is 58.7 Å². The van der Waals surface area contributed by atoms with Crippen LogP contribution in [0.5, 0.6) is 0 Å². The first-order valence-corrected chi connectivity index (χ1v) is 6.12. The lowest BCUT2D eigenvalue weighted by Gasteiger charge is -2.05. The molecule has 0 aliphatic carbocycles. The smallest absolute Gasteiger partial charge is 0.342 e. The molecule has 102 valence electrons. The molecule has 0 fully saturated rings. The maximum Gasteiger partial charge on any atom is 0.342 e. The minimum absolute atomic E-state index is 0.0661. The lowest BCUT2D eigenvalue weighted by molar-refractivity contribution is 0.0475. The van der Waals surface area contributed by atoms with Crippen LogP contribution in [0.15, 0.2) is 42.6 Å². The van der Waals surface area contributed by atoms with E-state index in [0.29, 0.717) is 10.6 Å².